The molecule has 2 rings (SSSR count). The Morgan fingerprint density at radius 2 is 1.62 bits per heavy atom. The molecule has 0 unspecified atom stereocenters. The topological polar surface area (TPSA) is 64.6 Å². The van der Waals surface area contributed by atoms with Crippen LogP contribution in [0.15, 0.2) is 46.9 Å². The summed E-state index contributed by atoms with van der Waals surface area (Å²) >= 11 is 3.35. The fraction of sp³-hybridized carbons (Fsp3) is 0.368. The molecular formula is C19H24BrNO4S. The molecule has 0 aliphatic rings. The van der Waals surface area contributed by atoms with Gasteiger partial charge in [-0.15, -0.1) is 0 Å². The highest BCUT2D eigenvalue weighted by Crippen LogP contribution is 2.31. The van der Waals surface area contributed by atoms with Gasteiger partial charge in [-0.25, -0.2) is 13.1 Å². The Morgan fingerprint density at radius 3 is 2.23 bits per heavy atom. The van der Waals surface area contributed by atoms with Crippen LogP contribution in [0, 0.1) is 0 Å². The smallest absolute Gasteiger partial charge is 0.216 e. The molecule has 0 saturated heterocycles. The van der Waals surface area contributed by atoms with Crippen LogP contribution in [0.5, 0.6) is 11.5 Å². The summed E-state index contributed by atoms with van der Waals surface area (Å²) < 4.78 is 39.7. The predicted molar refractivity (Wildman–Crippen MR) is 107 cm³/mol. The van der Waals surface area contributed by atoms with Crippen LogP contribution in [0.2, 0.25) is 0 Å². The van der Waals surface area contributed by atoms with Crippen LogP contribution < -0.4 is 14.2 Å². The Hall–Kier alpha value is -1.57. The Balaban J connectivity index is 2.13. The van der Waals surface area contributed by atoms with E-state index in [1.54, 1.807) is 12.1 Å². The summed E-state index contributed by atoms with van der Waals surface area (Å²) in [6.07, 6.45) is 0. The van der Waals surface area contributed by atoms with Crippen molar-refractivity contribution in [3.05, 3.63) is 58.1 Å². The first kappa shape index (κ1) is 20.7. The molecule has 0 fully saturated rings. The molecule has 2 aromatic carbocycles. The third-order valence-electron chi connectivity index (χ3n) is 3.69. The second-order valence-electron chi connectivity index (χ2n) is 5.80. The molecule has 142 valence electrons. The number of halogens is 1. The van der Waals surface area contributed by atoms with Gasteiger partial charge in [0.2, 0.25) is 10.0 Å². The lowest BCUT2D eigenvalue weighted by Gasteiger charge is -2.17. The molecule has 0 aliphatic heterocycles. The van der Waals surface area contributed by atoms with E-state index in [1.165, 1.54) is 0 Å². The molecule has 0 aliphatic carbocycles. The van der Waals surface area contributed by atoms with Crippen molar-refractivity contribution in [1.29, 1.82) is 0 Å². The molecule has 5 nitrogen and oxygen atoms in total. The van der Waals surface area contributed by atoms with Crippen molar-refractivity contribution in [2.45, 2.75) is 32.6 Å². The zero-order chi connectivity index (χ0) is 19.2. The molecule has 0 saturated carbocycles. The second kappa shape index (κ2) is 9.39. The minimum Gasteiger partial charge on any atom is -0.490 e. The SMILES string of the molecule is CCOc1ccc([C@H](C)NS(=O)(=O)Cc2ccc(Br)cc2)cc1OCC. The highest BCUT2D eigenvalue weighted by atomic mass is 79.9. The largest absolute Gasteiger partial charge is 0.490 e. The summed E-state index contributed by atoms with van der Waals surface area (Å²) in [5, 5.41) is 0. The monoisotopic (exact) mass is 441 g/mol. The molecule has 7 heteroatoms. The number of nitrogens with one attached hydrogen (secondary N) is 1. The van der Waals surface area contributed by atoms with E-state index in [9.17, 15) is 8.42 Å². The minimum absolute atomic E-state index is 0.0695. The lowest BCUT2D eigenvalue weighted by atomic mass is 10.1. The van der Waals surface area contributed by atoms with E-state index in [-0.39, 0.29) is 11.8 Å². The van der Waals surface area contributed by atoms with Gasteiger partial charge in [-0.2, -0.15) is 0 Å². The van der Waals surface area contributed by atoms with Gasteiger partial charge in [-0.1, -0.05) is 34.1 Å². The van der Waals surface area contributed by atoms with Crippen LogP contribution >= 0.6 is 15.9 Å². The highest BCUT2D eigenvalue weighted by Gasteiger charge is 2.18. The number of rotatable bonds is 9. The van der Waals surface area contributed by atoms with E-state index >= 15 is 0 Å². The summed E-state index contributed by atoms with van der Waals surface area (Å²) in [5.41, 5.74) is 1.55. The molecule has 0 spiro atoms. The van der Waals surface area contributed by atoms with Crippen molar-refractivity contribution in [2.75, 3.05) is 13.2 Å². The molecule has 0 aromatic heterocycles. The fourth-order valence-corrected chi connectivity index (χ4v) is 4.17. The van der Waals surface area contributed by atoms with Crippen molar-refractivity contribution >= 4 is 26.0 Å². The second-order valence-corrected chi connectivity index (χ2v) is 8.47. The molecule has 0 heterocycles. The first-order valence-corrected chi connectivity index (χ1v) is 10.9. The quantitative estimate of drug-likeness (QED) is 0.624. The molecular weight excluding hydrogens is 418 g/mol. The number of sulfonamides is 1. The van der Waals surface area contributed by atoms with Crippen LogP contribution in [-0.4, -0.2) is 21.6 Å². The molecule has 2 aromatic rings. The van der Waals surface area contributed by atoms with Gasteiger partial charge in [0.05, 0.1) is 19.0 Å². The van der Waals surface area contributed by atoms with Crippen molar-refractivity contribution in [2.24, 2.45) is 0 Å². The van der Waals surface area contributed by atoms with Gasteiger partial charge in [0.25, 0.3) is 0 Å². The average molecular weight is 442 g/mol. The van der Waals surface area contributed by atoms with Gasteiger partial charge in [0.15, 0.2) is 11.5 Å². The van der Waals surface area contributed by atoms with Gasteiger partial charge >= 0.3 is 0 Å². The van der Waals surface area contributed by atoms with E-state index in [2.05, 4.69) is 20.7 Å². The molecule has 1 N–H and O–H groups in total. The Morgan fingerprint density at radius 1 is 1.00 bits per heavy atom. The lowest BCUT2D eigenvalue weighted by Crippen LogP contribution is -2.28. The van der Waals surface area contributed by atoms with E-state index in [0.717, 1.165) is 15.6 Å². The van der Waals surface area contributed by atoms with Crippen molar-refractivity contribution in [3.63, 3.8) is 0 Å². The molecule has 0 amide bonds. The number of benzene rings is 2. The minimum atomic E-state index is -3.48. The van der Waals surface area contributed by atoms with Crippen LogP contribution in [0.25, 0.3) is 0 Å². The van der Waals surface area contributed by atoms with Crippen molar-refractivity contribution < 1.29 is 17.9 Å². The maximum absolute atomic E-state index is 12.5. The average Bonchev–Trinajstić information content (AvgIpc) is 2.58. The maximum Gasteiger partial charge on any atom is 0.216 e. The van der Waals surface area contributed by atoms with Gasteiger partial charge in [-0.3, -0.25) is 0 Å². The van der Waals surface area contributed by atoms with E-state index < -0.39 is 10.0 Å². The molecule has 1 atom stereocenters. The van der Waals surface area contributed by atoms with Crippen molar-refractivity contribution in [3.8, 4) is 11.5 Å². The van der Waals surface area contributed by atoms with Crippen LogP contribution in [0.3, 0.4) is 0 Å². The summed E-state index contributed by atoms with van der Waals surface area (Å²) in [4.78, 5) is 0. The highest BCUT2D eigenvalue weighted by molar-refractivity contribution is 9.10. The van der Waals surface area contributed by atoms with Crippen molar-refractivity contribution in [1.82, 2.24) is 4.72 Å². The number of hydrogen-bond acceptors (Lipinski definition) is 4. The third kappa shape index (κ3) is 6.00. The van der Waals surface area contributed by atoms with Crippen LogP contribution in [0.1, 0.15) is 37.9 Å². The zero-order valence-electron chi connectivity index (χ0n) is 15.2. The first-order chi connectivity index (χ1) is 12.3. The summed E-state index contributed by atoms with van der Waals surface area (Å²) in [6, 6.07) is 12.3. The Bertz CT molecular complexity index is 822. The Kier molecular flexibility index (Phi) is 7.49. The van der Waals surface area contributed by atoms with Gasteiger partial charge in [0, 0.05) is 10.5 Å². The summed E-state index contributed by atoms with van der Waals surface area (Å²) in [5.74, 6) is 1.20. The van der Waals surface area contributed by atoms with Crippen LogP contribution in [-0.2, 0) is 15.8 Å². The fourth-order valence-electron chi connectivity index (χ4n) is 2.52. The number of ether oxygens (including phenoxy) is 2. The molecule has 0 bridgehead atoms. The maximum atomic E-state index is 12.5. The summed E-state index contributed by atoms with van der Waals surface area (Å²) in [7, 11) is -3.48. The number of hydrogen-bond donors (Lipinski definition) is 1. The first-order valence-electron chi connectivity index (χ1n) is 8.48. The lowest BCUT2D eigenvalue weighted by molar-refractivity contribution is 0.287. The van der Waals surface area contributed by atoms with Gasteiger partial charge in [-0.05, 0) is 56.2 Å². The van der Waals surface area contributed by atoms with Gasteiger partial charge in [0.1, 0.15) is 0 Å². The third-order valence-corrected chi connectivity index (χ3v) is 5.65. The van der Waals surface area contributed by atoms with E-state index in [1.807, 2.05) is 51.1 Å². The Labute approximate surface area is 163 Å². The standard InChI is InChI=1S/C19H24BrNO4S/c1-4-24-18-11-8-16(12-19(18)25-5-2)14(3)21-26(22,23)13-15-6-9-17(20)10-7-15/h6-12,14,21H,4-5,13H2,1-3H3/t14-/m0/s1. The van der Waals surface area contributed by atoms with E-state index in [4.69, 9.17) is 9.47 Å². The predicted octanol–water partition coefficient (Wildman–Crippen LogP) is 4.43. The van der Waals surface area contributed by atoms with Gasteiger partial charge < -0.3 is 9.47 Å². The zero-order valence-corrected chi connectivity index (χ0v) is 17.6. The normalized spacial score (nSPS) is 12.6. The molecule has 26 heavy (non-hydrogen) atoms. The van der Waals surface area contributed by atoms with Crippen LogP contribution in [0.4, 0.5) is 0 Å². The summed E-state index contributed by atoms with van der Waals surface area (Å²) in [6.45, 7) is 6.65. The molecule has 0 radical (unpaired) electrons. The van der Waals surface area contributed by atoms with E-state index in [0.29, 0.717) is 24.7 Å².